The lowest BCUT2D eigenvalue weighted by molar-refractivity contribution is 0.806. The number of aromatic nitrogens is 3. The fourth-order valence-corrected chi connectivity index (χ4v) is 2.46. The molecule has 2 aromatic carbocycles. The molecule has 0 spiro atoms. The Kier molecular flexibility index (Phi) is 3.71. The molecule has 4 nitrogen and oxygen atoms in total. The quantitative estimate of drug-likeness (QED) is 0.738. The fraction of sp³-hybridized carbons (Fsp3) is 0.167. The minimum absolute atomic E-state index is 0.338. The van der Waals surface area contributed by atoms with Crippen molar-refractivity contribution < 1.29 is 0 Å². The van der Waals surface area contributed by atoms with Gasteiger partial charge in [0.1, 0.15) is 11.8 Å². The molecule has 0 unspecified atom stereocenters. The molecule has 0 atom stereocenters. The Balaban J connectivity index is 2.17. The minimum atomic E-state index is 0.338. The normalized spacial score (nSPS) is 10.4. The monoisotopic (exact) mass is 288 g/mol. The second-order valence-corrected chi connectivity index (χ2v) is 5.20. The van der Waals surface area contributed by atoms with E-state index in [1.54, 1.807) is 4.68 Å². The first kappa shape index (κ1) is 14.0. The maximum absolute atomic E-state index is 9.33. The van der Waals surface area contributed by atoms with Crippen LogP contribution in [-0.2, 0) is 6.42 Å². The smallest absolute Gasteiger partial charge is 0.191 e. The van der Waals surface area contributed by atoms with Gasteiger partial charge in [-0.3, -0.25) is 0 Å². The topological polar surface area (TPSA) is 54.5 Å². The summed E-state index contributed by atoms with van der Waals surface area (Å²) in [7, 11) is 0. The summed E-state index contributed by atoms with van der Waals surface area (Å²) in [5, 5.41) is 17.5. The number of hydrogen-bond donors (Lipinski definition) is 0. The van der Waals surface area contributed by atoms with Crippen LogP contribution in [0.3, 0.4) is 0 Å². The molecule has 0 amide bonds. The summed E-state index contributed by atoms with van der Waals surface area (Å²) in [5.74, 6) is 0. The molecule has 0 bridgehead atoms. The van der Waals surface area contributed by atoms with E-state index in [2.05, 4.69) is 35.4 Å². The largest absolute Gasteiger partial charge is 0.211 e. The van der Waals surface area contributed by atoms with Crippen molar-refractivity contribution in [2.75, 3.05) is 0 Å². The van der Waals surface area contributed by atoms with Crippen molar-refractivity contribution in [3.63, 3.8) is 0 Å². The predicted molar refractivity (Wildman–Crippen MR) is 85.6 cm³/mol. The van der Waals surface area contributed by atoms with Gasteiger partial charge in [0.25, 0.3) is 0 Å². The van der Waals surface area contributed by atoms with Crippen molar-refractivity contribution in [2.24, 2.45) is 0 Å². The van der Waals surface area contributed by atoms with Crippen molar-refractivity contribution in [3.05, 3.63) is 65.4 Å². The van der Waals surface area contributed by atoms with E-state index < -0.39 is 0 Å². The van der Waals surface area contributed by atoms with Gasteiger partial charge in [-0.2, -0.15) is 5.26 Å². The first-order valence-corrected chi connectivity index (χ1v) is 7.25. The third-order valence-corrected chi connectivity index (χ3v) is 3.66. The predicted octanol–water partition coefficient (Wildman–Crippen LogP) is 3.68. The Morgan fingerprint density at radius 2 is 1.91 bits per heavy atom. The molecule has 1 heterocycles. The summed E-state index contributed by atoms with van der Waals surface area (Å²) in [6.07, 6.45) is 0.992. The van der Waals surface area contributed by atoms with Crippen molar-refractivity contribution in [2.45, 2.75) is 20.3 Å². The average molecular weight is 288 g/mol. The molecule has 22 heavy (non-hydrogen) atoms. The number of rotatable bonds is 3. The molecular formula is C18H16N4. The number of aryl methyl sites for hydroxylation is 2. The van der Waals surface area contributed by atoms with E-state index in [0.29, 0.717) is 5.69 Å². The maximum Gasteiger partial charge on any atom is 0.191 e. The second-order valence-electron chi connectivity index (χ2n) is 5.20. The summed E-state index contributed by atoms with van der Waals surface area (Å²) < 4.78 is 1.73. The van der Waals surface area contributed by atoms with Crippen molar-refractivity contribution >= 4 is 0 Å². The molecule has 0 N–H and O–H groups in total. The molecule has 1 aromatic heterocycles. The van der Waals surface area contributed by atoms with Crippen LogP contribution in [0.25, 0.3) is 16.9 Å². The van der Waals surface area contributed by atoms with Gasteiger partial charge in [0.2, 0.25) is 0 Å². The third kappa shape index (κ3) is 2.49. The molecule has 0 saturated heterocycles. The molecule has 0 saturated carbocycles. The highest BCUT2D eigenvalue weighted by molar-refractivity contribution is 5.67. The zero-order chi connectivity index (χ0) is 15.5. The summed E-state index contributed by atoms with van der Waals surface area (Å²) in [5.41, 5.74) is 5.32. The molecule has 4 heteroatoms. The van der Waals surface area contributed by atoms with Crippen LogP contribution >= 0.6 is 0 Å². The van der Waals surface area contributed by atoms with E-state index in [1.807, 2.05) is 43.3 Å². The lowest BCUT2D eigenvalue weighted by Crippen LogP contribution is -2.00. The lowest BCUT2D eigenvalue weighted by atomic mass is 10.1. The minimum Gasteiger partial charge on any atom is -0.211 e. The van der Waals surface area contributed by atoms with Gasteiger partial charge in [0.05, 0.1) is 5.69 Å². The Morgan fingerprint density at radius 3 is 2.55 bits per heavy atom. The van der Waals surface area contributed by atoms with Crippen LogP contribution in [0.5, 0.6) is 0 Å². The summed E-state index contributed by atoms with van der Waals surface area (Å²) in [6.45, 7) is 4.15. The molecular weight excluding hydrogens is 272 g/mol. The highest BCUT2D eigenvalue weighted by Crippen LogP contribution is 2.25. The van der Waals surface area contributed by atoms with E-state index >= 15 is 0 Å². The molecule has 3 aromatic rings. The molecule has 108 valence electrons. The summed E-state index contributed by atoms with van der Waals surface area (Å²) in [4.78, 5) is 0. The molecule has 0 aliphatic heterocycles. The molecule has 0 radical (unpaired) electrons. The van der Waals surface area contributed by atoms with E-state index in [4.69, 9.17) is 0 Å². The van der Waals surface area contributed by atoms with Crippen LogP contribution < -0.4 is 0 Å². The Hall–Kier alpha value is -2.93. The van der Waals surface area contributed by atoms with E-state index in [1.165, 1.54) is 5.56 Å². The van der Waals surface area contributed by atoms with Gasteiger partial charge >= 0.3 is 0 Å². The fourth-order valence-electron chi connectivity index (χ4n) is 2.46. The van der Waals surface area contributed by atoms with Crippen LogP contribution in [0.1, 0.15) is 23.7 Å². The van der Waals surface area contributed by atoms with E-state index in [9.17, 15) is 5.26 Å². The number of benzene rings is 2. The molecule has 0 aliphatic rings. The van der Waals surface area contributed by atoms with Crippen LogP contribution in [0.15, 0.2) is 48.5 Å². The van der Waals surface area contributed by atoms with Crippen molar-refractivity contribution in [1.29, 1.82) is 5.26 Å². The maximum atomic E-state index is 9.33. The highest BCUT2D eigenvalue weighted by Gasteiger charge is 2.16. The standard InChI is InChI=1S/C18H16N4/c1-3-14-7-9-16(10-8-14)22-18(17(12-19)20-21-22)15-6-4-5-13(2)11-15/h4-11H,3H2,1-2H3. The van der Waals surface area contributed by atoms with Crippen LogP contribution in [0, 0.1) is 18.3 Å². The first-order valence-electron chi connectivity index (χ1n) is 7.25. The number of hydrogen-bond acceptors (Lipinski definition) is 3. The van der Waals surface area contributed by atoms with Crippen molar-refractivity contribution in [3.8, 4) is 23.0 Å². The van der Waals surface area contributed by atoms with Crippen LogP contribution in [0.2, 0.25) is 0 Å². The van der Waals surface area contributed by atoms with Gasteiger partial charge < -0.3 is 0 Å². The highest BCUT2D eigenvalue weighted by atomic mass is 15.4. The van der Waals surface area contributed by atoms with Crippen LogP contribution in [0.4, 0.5) is 0 Å². The SMILES string of the molecule is CCc1ccc(-n2nnc(C#N)c2-c2cccc(C)c2)cc1. The van der Waals surface area contributed by atoms with E-state index in [0.717, 1.165) is 28.9 Å². The van der Waals surface area contributed by atoms with Gasteiger partial charge in [-0.15, -0.1) is 5.10 Å². The van der Waals surface area contributed by atoms with E-state index in [-0.39, 0.29) is 0 Å². The zero-order valence-electron chi connectivity index (χ0n) is 12.6. The third-order valence-electron chi connectivity index (χ3n) is 3.66. The Labute approximate surface area is 129 Å². The van der Waals surface area contributed by atoms with Crippen LogP contribution in [-0.4, -0.2) is 15.0 Å². The summed E-state index contributed by atoms with van der Waals surface area (Å²) in [6, 6.07) is 18.3. The first-order chi connectivity index (χ1) is 10.7. The molecule has 3 rings (SSSR count). The van der Waals surface area contributed by atoms with Gasteiger partial charge in [-0.1, -0.05) is 48.0 Å². The zero-order valence-corrected chi connectivity index (χ0v) is 12.6. The van der Waals surface area contributed by atoms with Crippen molar-refractivity contribution in [1.82, 2.24) is 15.0 Å². The lowest BCUT2D eigenvalue weighted by Gasteiger charge is -2.08. The second kappa shape index (κ2) is 5.82. The Bertz CT molecular complexity index is 838. The number of nitrogens with zero attached hydrogens (tertiary/aromatic N) is 4. The molecule has 0 fully saturated rings. The summed E-state index contributed by atoms with van der Waals surface area (Å²) >= 11 is 0. The average Bonchev–Trinajstić information content (AvgIpc) is 2.99. The Morgan fingerprint density at radius 1 is 1.14 bits per heavy atom. The van der Waals surface area contributed by atoms with Gasteiger partial charge in [0.15, 0.2) is 5.69 Å². The van der Waals surface area contributed by atoms with Gasteiger partial charge in [0, 0.05) is 5.56 Å². The van der Waals surface area contributed by atoms with Gasteiger partial charge in [-0.05, 0) is 37.1 Å². The van der Waals surface area contributed by atoms with Gasteiger partial charge in [-0.25, -0.2) is 4.68 Å². The molecule has 0 aliphatic carbocycles. The number of nitriles is 1.